The maximum absolute atomic E-state index is 12.4. The van der Waals surface area contributed by atoms with Crippen LogP contribution in [0.3, 0.4) is 0 Å². The van der Waals surface area contributed by atoms with E-state index in [0.717, 1.165) is 12.1 Å². The quantitative estimate of drug-likeness (QED) is 0.109. The number of ether oxygens (including phenoxy) is 4. The zero-order valence-electron chi connectivity index (χ0n) is 21.5. The fraction of sp³-hybridized carbons (Fsp3) is 0.250. The Bertz CT molecular complexity index is 1410. The van der Waals surface area contributed by atoms with Crippen molar-refractivity contribution in [3.8, 4) is 40.2 Å². The highest BCUT2D eigenvalue weighted by Gasteiger charge is 2.45. The predicted molar refractivity (Wildman–Crippen MR) is 141 cm³/mol. The molecule has 13 heteroatoms. The zero-order valence-corrected chi connectivity index (χ0v) is 21.5. The highest BCUT2D eigenvalue weighted by Crippen LogP contribution is 2.36. The van der Waals surface area contributed by atoms with Crippen molar-refractivity contribution in [1.82, 2.24) is 0 Å². The van der Waals surface area contributed by atoms with Gasteiger partial charge in [-0.05, 0) is 47.5 Å². The Morgan fingerprint density at radius 2 is 1.51 bits per heavy atom. The molecule has 218 valence electrons. The second kappa shape index (κ2) is 12.2. The summed E-state index contributed by atoms with van der Waals surface area (Å²) in [4.78, 5) is 12.4. The summed E-state index contributed by atoms with van der Waals surface area (Å²) in [5.41, 5.74) is 0.779. The minimum Gasteiger partial charge on any atom is -0.508 e. The van der Waals surface area contributed by atoms with Crippen molar-refractivity contribution < 1.29 is 64.6 Å². The number of methoxy groups -OCH3 is 1. The smallest absolute Gasteiger partial charge is 0.338 e. The fourth-order valence-electron chi connectivity index (χ4n) is 4.02. The Labute approximate surface area is 232 Å². The standard InChI is InChI=1S/C28H28O13/c1-38-21-5-4-13(8-18(21)30)2-3-14-6-16(29)11-17(7-14)40-28-26(36)25(35)24(34)22(41-28)12-39-27(37)15-9-19(31)23(33)20(32)10-15/h2-11,22,24-26,28-36H,12H2,1H3/t22-,24+,25-,26-,28+/m1/s1. The molecule has 13 nitrogen and oxygen atoms in total. The molecule has 0 saturated carbocycles. The summed E-state index contributed by atoms with van der Waals surface area (Å²) in [5.74, 6) is -3.33. The third-order valence-corrected chi connectivity index (χ3v) is 6.19. The van der Waals surface area contributed by atoms with Gasteiger partial charge in [-0.15, -0.1) is 0 Å². The van der Waals surface area contributed by atoms with Gasteiger partial charge in [0, 0.05) is 6.07 Å². The van der Waals surface area contributed by atoms with E-state index in [9.17, 15) is 45.6 Å². The summed E-state index contributed by atoms with van der Waals surface area (Å²) < 4.78 is 21.3. The van der Waals surface area contributed by atoms with E-state index in [1.807, 2.05) is 0 Å². The highest BCUT2D eigenvalue weighted by molar-refractivity contribution is 5.91. The Kier molecular flexibility index (Phi) is 8.74. The molecule has 1 saturated heterocycles. The number of aromatic hydroxyl groups is 5. The number of esters is 1. The molecule has 4 rings (SSSR count). The molecule has 0 bridgehead atoms. The van der Waals surface area contributed by atoms with Gasteiger partial charge in [0.2, 0.25) is 6.29 Å². The van der Waals surface area contributed by atoms with Crippen LogP contribution in [0.15, 0.2) is 48.5 Å². The molecule has 41 heavy (non-hydrogen) atoms. The number of carbonyl (C=O) groups excluding carboxylic acids is 1. The summed E-state index contributed by atoms with van der Waals surface area (Å²) in [6.45, 7) is -0.630. The third-order valence-electron chi connectivity index (χ3n) is 6.19. The van der Waals surface area contributed by atoms with E-state index >= 15 is 0 Å². The van der Waals surface area contributed by atoms with Gasteiger partial charge in [-0.1, -0.05) is 18.2 Å². The average molecular weight is 573 g/mol. The SMILES string of the molecule is COc1ccc(C=Cc2cc(O)cc(O[C@H]3O[C@H](COC(=O)c4cc(O)c(O)c(O)c4)[C@H](O)[C@@H](O)[C@H]3O)c2)cc1O. The number of carbonyl (C=O) groups is 1. The molecule has 0 unspecified atom stereocenters. The van der Waals surface area contributed by atoms with Crippen LogP contribution in [-0.2, 0) is 9.47 Å². The fourth-order valence-corrected chi connectivity index (χ4v) is 4.02. The number of aliphatic hydroxyl groups is 3. The maximum Gasteiger partial charge on any atom is 0.338 e. The molecule has 0 amide bonds. The number of aliphatic hydroxyl groups excluding tert-OH is 3. The van der Waals surface area contributed by atoms with E-state index in [1.165, 1.54) is 31.4 Å². The summed E-state index contributed by atoms with van der Waals surface area (Å²) >= 11 is 0. The largest absolute Gasteiger partial charge is 0.508 e. The molecule has 1 heterocycles. The summed E-state index contributed by atoms with van der Waals surface area (Å²) in [5, 5.41) is 79.9. The van der Waals surface area contributed by atoms with Crippen molar-refractivity contribution in [2.24, 2.45) is 0 Å². The minimum atomic E-state index is -1.77. The average Bonchev–Trinajstić information content (AvgIpc) is 2.93. The lowest BCUT2D eigenvalue weighted by molar-refractivity contribution is -0.277. The van der Waals surface area contributed by atoms with E-state index < -0.39 is 60.5 Å². The molecule has 3 aromatic rings. The topological polar surface area (TPSA) is 216 Å². The second-order valence-corrected chi connectivity index (χ2v) is 9.12. The molecule has 0 radical (unpaired) electrons. The number of hydrogen-bond acceptors (Lipinski definition) is 13. The lowest BCUT2D eigenvalue weighted by Gasteiger charge is -2.39. The van der Waals surface area contributed by atoms with E-state index in [-0.39, 0.29) is 22.8 Å². The molecule has 8 N–H and O–H groups in total. The third kappa shape index (κ3) is 6.73. The molecule has 0 aliphatic carbocycles. The van der Waals surface area contributed by atoms with Gasteiger partial charge < -0.3 is 59.8 Å². The summed E-state index contributed by atoms with van der Waals surface area (Å²) in [6, 6.07) is 10.6. The van der Waals surface area contributed by atoms with E-state index in [0.29, 0.717) is 16.9 Å². The van der Waals surface area contributed by atoms with Gasteiger partial charge in [0.1, 0.15) is 42.5 Å². The van der Waals surface area contributed by atoms with E-state index in [4.69, 9.17) is 18.9 Å². The molecule has 3 aromatic carbocycles. The van der Waals surface area contributed by atoms with Gasteiger partial charge in [0.25, 0.3) is 0 Å². The van der Waals surface area contributed by atoms with Crippen molar-refractivity contribution in [3.63, 3.8) is 0 Å². The van der Waals surface area contributed by atoms with Gasteiger partial charge in [0.05, 0.1) is 12.7 Å². The number of hydrogen-bond donors (Lipinski definition) is 8. The summed E-state index contributed by atoms with van der Waals surface area (Å²) in [7, 11) is 1.43. The second-order valence-electron chi connectivity index (χ2n) is 9.12. The van der Waals surface area contributed by atoms with Gasteiger partial charge in [-0.2, -0.15) is 0 Å². The van der Waals surface area contributed by atoms with Crippen molar-refractivity contribution in [3.05, 3.63) is 65.2 Å². The van der Waals surface area contributed by atoms with E-state index in [1.54, 1.807) is 24.3 Å². The van der Waals surface area contributed by atoms with Crippen LogP contribution in [0.5, 0.6) is 40.2 Å². The molecule has 1 aliphatic rings. The van der Waals surface area contributed by atoms with Crippen molar-refractivity contribution in [2.75, 3.05) is 13.7 Å². The molecule has 1 fully saturated rings. The van der Waals surface area contributed by atoms with Crippen LogP contribution in [0.2, 0.25) is 0 Å². The van der Waals surface area contributed by atoms with Gasteiger partial charge >= 0.3 is 5.97 Å². The minimum absolute atomic E-state index is 0.0284. The Hall–Kier alpha value is -4.69. The van der Waals surface area contributed by atoms with E-state index in [2.05, 4.69) is 0 Å². The molecule has 0 aromatic heterocycles. The Morgan fingerprint density at radius 3 is 2.17 bits per heavy atom. The first-order chi connectivity index (χ1) is 19.5. The van der Waals surface area contributed by atoms with Crippen LogP contribution in [0.25, 0.3) is 12.2 Å². The number of phenolic OH excluding ortho intramolecular Hbond substituents is 5. The molecule has 1 aliphatic heterocycles. The molecule has 0 spiro atoms. The number of phenols is 5. The van der Waals surface area contributed by atoms with Crippen LogP contribution in [-0.4, -0.2) is 91.2 Å². The number of benzene rings is 3. The molecule has 5 atom stereocenters. The number of rotatable bonds is 8. The predicted octanol–water partition coefficient (Wildman–Crippen LogP) is 1.44. The van der Waals surface area contributed by atoms with Crippen LogP contribution >= 0.6 is 0 Å². The van der Waals surface area contributed by atoms with Crippen molar-refractivity contribution in [2.45, 2.75) is 30.7 Å². The van der Waals surface area contributed by atoms with Gasteiger partial charge in [0.15, 0.2) is 28.7 Å². The Balaban J connectivity index is 1.45. The van der Waals surface area contributed by atoms with Crippen LogP contribution in [0.1, 0.15) is 21.5 Å². The lowest BCUT2D eigenvalue weighted by Crippen LogP contribution is -2.60. The normalized spacial score (nSPS) is 22.4. The molecular formula is C28H28O13. The monoisotopic (exact) mass is 572 g/mol. The van der Waals surface area contributed by atoms with Crippen molar-refractivity contribution >= 4 is 18.1 Å². The van der Waals surface area contributed by atoms with Crippen LogP contribution in [0, 0.1) is 0 Å². The van der Waals surface area contributed by atoms with Gasteiger partial charge in [-0.3, -0.25) is 0 Å². The lowest BCUT2D eigenvalue weighted by atomic mass is 9.99. The van der Waals surface area contributed by atoms with Crippen molar-refractivity contribution in [1.29, 1.82) is 0 Å². The first-order valence-electron chi connectivity index (χ1n) is 12.1. The van der Waals surface area contributed by atoms with Gasteiger partial charge in [-0.25, -0.2) is 4.79 Å². The maximum atomic E-state index is 12.4. The summed E-state index contributed by atoms with van der Waals surface area (Å²) in [6.07, 6.45) is -4.85. The first-order valence-corrected chi connectivity index (χ1v) is 12.1. The zero-order chi connectivity index (χ0) is 29.8. The van der Waals surface area contributed by atoms with Crippen LogP contribution in [0.4, 0.5) is 0 Å². The highest BCUT2D eigenvalue weighted by atomic mass is 16.7. The van der Waals surface area contributed by atoms with Crippen LogP contribution < -0.4 is 9.47 Å². The first kappa shape index (κ1) is 29.3. The Morgan fingerprint density at radius 1 is 0.829 bits per heavy atom. The molecular weight excluding hydrogens is 544 g/mol.